The zero-order valence-electron chi connectivity index (χ0n) is 18.5. The molecule has 4 heterocycles. The number of hydrogen-bond donors (Lipinski definition) is 2. The van der Waals surface area contributed by atoms with Crippen LogP contribution in [0.3, 0.4) is 0 Å². The van der Waals surface area contributed by atoms with E-state index in [-0.39, 0.29) is 25.2 Å². The highest BCUT2D eigenvalue weighted by atomic mass is 19.4. The van der Waals surface area contributed by atoms with Crippen LogP contribution in [-0.4, -0.2) is 59.9 Å². The number of para-hydroxylation sites is 1. The molecule has 2 aromatic rings. The van der Waals surface area contributed by atoms with E-state index < -0.39 is 30.3 Å². The SMILES string of the molecule is O=C(CN1C(=O)C2(CC(Oc3ccc4c(n3)CNN4)C2)c2ccccc21)N1CCOC1C(F)(F)F. The molecule has 6 rings (SSSR count). The molecule has 9 nitrogen and oxygen atoms in total. The van der Waals surface area contributed by atoms with E-state index in [1.54, 1.807) is 18.2 Å². The highest BCUT2D eigenvalue weighted by Gasteiger charge is 2.60. The molecule has 1 aromatic carbocycles. The van der Waals surface area contributed by atoms with Crippen molar-refractivity contribution in [1.82, 2.24) is 15.3 Å². The van der Waals surface area contributed by atoms with E-state index >= 15 is 0 Å². The predicted molar refractivity (Wildman–Crippen MR) is 116 cm³/mol. The van der Waals surface area contributed by atoms with E-state index in [2.05, 4.69) is 15.8 Å². The van der Waals surface area contributed by atoms with Crippen molar-refractivity contribution in [2.24, 2.45) is 0 Å². The fourth-order valence-corrected chi connectivity index (χ4v) is 5.36. The number of ether oxygens (including phenoxy) is 2. The van der Waals surface area contributed by atoms with Gasteiger partial charge in [-0.05, 0) is 17.7 Å². The van der Waals surface area contributed by atoms with Crippen LogP contribution in [0.1, 0.15) is 24.1 Å². The van der Waals surface area contributed by atoms with Gasteiger partial charge in [0.2, 0.25) is 23.9 Å². The fourth-order valence-electron chi connectivity index (χ4n) is 5.36. The van der Waals surface area contributed by atoms with Gasteiger partial charge in [0.05, 0.1) is 29.9 Å². The normalized spacial score (nSPS) is 27.0. The largest absolute Gasteiger partial charge is 0.474 e. The first-order chi connectivity index (χ1) is 16.8. The maximum Gasteiger partial charge on any atom is 0.433 e. The smallest absolute Gasteiger partial charge is 0.433 e. The Morgan fingerprint density at radius 2 is 2.03 bits per heavy atom. The lowest BCUT2D eigenvalue weighted by molar-refractivity contribution is -0.238. The summed E-state index contributed by atoms with van der Waals surface area (Å²) in [6.07, 6.45) is -6.46. The molecule has 1 saturated carbocycles. The van der Waals surface area contributed by atoms with Crippen molar-refractivity contribution >= 4 is 23.2 Å². The third-order valence-corrected chi connectivity index (χ3v) is 7.02. The third kappa shape index (κ3) is 3.50. The van der Waals surface area contributed by atoms with E-state index in [0.29, 0.717) is 35.9 Å². The van der Waals surface area contributed by atoms with E-state index in [1.165, 1.54) is 4.90 Å². The van der Waals surface area contributed by atoms with E-state index in [1.807, 2.05) is 18.2 Å². The topological polar surface area (TPSA) is 96.0 Å². The molecule has 35 heavy (non-hydrogen) atoms. The second kappa shape index (κ2) is 7.82. The first kappa shape index (κ1) is 22.1. The first-order valence-electron chi connectivity index (χ1n) is 11.3. The van der Waals surface area contributed by atoms with Crippen LogP contribution in [0.4, 0.5) is 24.5 Å². The number of carbonyl (C=O) groups is 2. The number of nitrogens with zero attached hydrogens (tertiary/aromatic N) is 3. The molecule has 0 radical (unpaired) electrons. The zero-order valence-corrected chi connectivity index (χ0v) is 18.5. The van der Waals surface area contributed by atoms with Gasteiger partial charge in [-0.3, -0.25) is 9.59 Å². The van der Waals surface area contributed by atoms with Crippen LogP contribution in [0.25, 0.3) is 0 Å². The lowest BCUT2D eigenvalue weighted by Gasteiger charge is -2.43. The Hall–Kier alpha value is -3.38. The Labute approximate surface area is 198 Å². The molecule has 184 valence electrons. The molecule has 2 amide bonds. The summed E-state index contributed by atoms with van der Waals surface area (Å²) < 4.78 is 50.5. The molecule has 1 spiro atoms. The second-order valence-electron chi connectivity index (χ2n) is 9.11. The molecular formula is C23H22F3N5O4. The van der Waals surface area contributed by atoms with Gasteiger partial charge >= 0.3 is 6.18 Å². The molecule has 4 aliphatic rings. The third-order valence-electron chi connectivity index (χ3n) is 7.02. The van der Waals surface area contributed by atoms with Crippen LogP contribution in [-0.2, 0) is 26.3 Å². The number of alkyl halides is 3. The average Bonchev–Trinajstić information content (AvgIpc) is 3.52. The van der Waals surface area contributed by atoms with Gasteiger partial charge in [0.15, 0.2) is 0 Å². The Morgan fingerprint density at radius 3 is 2.83 bits per heavy atom. The number of nitrogens with one attached hydrogen (secondary N) is 2. The monoisotopic (exact) mass is 489 g/mol. The number of fused-ring (bicyclic) bond motifs is 3. The molecule has 1 aliphatic carbocycles. The number of pyridine rings is 1. The maximum absolute atomic E-state index is 13.6. The number of carbonyl (C=O) groups excluding carboxylic acids is 2. The summed E-state index contributed by atoms with van der Waals surface area (Å²) in [5.41, 5.74) is 8.14. The number of hydrazine groups is 1. The number of rotatable bonds is 4. The lowest BCUT2D eigenvalue weighted by Crippen LogP contribution is -2.55. The van der Waals surface area contributed by atoms with Crippen molar-refractivity contribution in [3.05, 3.63) is 47.7 Å². The second-order valence-corrected chi connectivity index (χ2v) is 9.11. The molecule has 1 saturated heterocycles. The number of anilines is 2. The highest BCUT2D eigenvalue weighted by Crippen LogP contribution is 2.54. The van der Waals surface area contributed by atoms with E-state index in [4.69, 9.17) is 9.47 Å². The van der Waals surface area contributed by atoms with Crippen LogP contribution >= 0.6 is 0 Å². The van der Waals surface area contributed by atoms with Crippen LogP contribution in [0.5, 0.6) is 5.88 Å². The summed E-state index contributed by atoms with van der Waals surface area (Å²) in [4.78, 5) is 32.8. The number of benzene rings is 1. The predicted octanol–water partition coefficient (Wildman–Crippen LogP) is 2.08. The molecule has 0 bridgehead atoms. The Kier molecular flexibility index (Phi) is 4.94. The number of halogens is 3. The standard InChI is InChI=1S/C23H22F3N5O4/c24-23(25,26)21-30(7-8-34-21)19(32)12-31-17-4-2-1-3-14(17)22(20(31)33)9-13(10-22)35-18-6-5-15-16(28-18)11-27-29-15/h1-6,13,21,27,29H,7-12H2. The van der Waals surface area contributed by atoms with Gasteiger partial charge in [0, 0.05) is 31.1 Å². The summed E-state index contributed by atoms with van der Waals surface area (Å²) in [7, 11) is 0. The first-order valence-corrected chi connectivity index (χ1v) is 11.3. The fraction of sp³-hybridized carbons (Fsp3) is 0.435. The quantitative estimate of drug-likeness (QED) is 0.679. The molecule has 1 atom stereocenters. The molecular weight excluding hydrogens is 467 g/mol. The van der Waals surface area contributed by atoms with Gasteiger partial charge in [-0.1, -0.05) is 18.2 Å². The van der Waals surface area contributed by atoms with Crippen LogP contribution < -0.4 is 20.5 Å². The molecule has 1 aromatic heterocycles. The molecule has 3 aliphatic heterocycles. The van der Waals surface area contributed by atoms with Crippen molar-refractivity contribution < 1.29 is 32.2 Å². The summed E-state index contributed by atoms with van der Waals surface area (Å²) in [5.74, 6) is -0.639. The maximum atomic E-state index is 13.6. The number of amides is 2. The average molecular weight is 489 g/mol. The minimum Gasteiger partial charge on any atom is -0.474 e. The minimum atomic E-state index is -4.70. The minimum absolute atomic E-state index is 0.174. The molecule has 2 fully saturated rings. The van der Waals surface area contributed by atoms with E-state index in [0.717, 1.165) is 16.9 Å². The van der Waals surface area contributed by atoms with Gasteiger partial charge in [-0.2, -0.15) is 13.2 Å². The molecule has 12 heteroatoms. The van der Waals surface area contributed by atoms with Gasteiger partial charge in [-0.15, -0.1) is 0 Å². The van der Waals surface area contributed by atoms with Gasteiger partial charge < -0.3 is 24.7 Å². The van der Waals surface area contributed by atoms with Crippen molar-refractivity contribution in [3.8, 4) is 5.88 Å². The Morgan fingerprint density at radius 1 is 1.23 bits per heavy atom. The summed E-state index contributed by atoms with van der Waals surface area (Å²) >= 11 is 0. The molecule has 2 N–H and O–H groups in total. The van der Waals surface area contributed by atoms with Crippen LogP contribution in [0, 0.1) is 0 Å². The van der Waals surface area contributed by atoms with Gasteiger partial charge in [0.1, 0.15) is 12.6 Å². The van der Waals surface area contributed by atoms with Gasteiger partial charge in [0.25, 0.3) is 0 Å². The van der Waals surface area contributed by atoms with Crippen LogP contribution in [0.15, 0.2) is 36.4 Å². The zero-order chi connectivity index (χ0) is 24.4. The lowest BCUT2D eigenvalue weighted by atomic mass is 9.63. The van der Waals surface area contributed by atoms with Crippen LogP contribution in [0.2, 0.25) is 0 Å². The number of hydrogen-bond acceptors (Lipinski definition) is 7. The highest BCUT2D eigenvalue weighted by molar-refractivity contribution is 6.11. The Balaban J connectivity index is 1.19. The van der Waals surface area contributed by atoms with Gasteiger partial charge in [-0.25, -0.2) is 10.4 Å². The van der Waals surface area contributed by atoms with Crippen molar-refractivity contribution in [2.75, 3.05) is 30.0 Å². The summed E-state index contributed by atoms with van der Waals surface area (Å²) in [6, 6.07) is 10.7. The van der Waals surface area contributed by atoms with Crippen molar-refractivity contribution in [1.29, 1.82) is 0 Å². The van der Waals surface area contributed by atoms with E-state index in [9.17, 15) is 22.8 Å². The Bertz CT molecular complexity index is 1200. The van der Waals surface area contributed by atoms with Crippen molar-refractivity contribution in [3.63, 3.8) is 0 Å². The van der Waals surface area contributed by atoms with Crippen molar-refractivity contribution in [2.45, 2.75) is 43.3 Å². The number of aromatic nitrogens is 1. The summed E-state index contributed by atoms with van der Waals surface area (Å²) in [5, 5.41) is 0. The summed E-state index contributed by atoms with van der Waals surface area (Å²) in [6.45, 7) is -0.280. The molecule has 1 unspecified atom stereocenters.